The van der Waals surface area contributed by atoms with Crippen LogP contribution in [0.2, 0.25) is 5.02 Å². The number of anilines is 2. The zero-order valence-electron chi connectivity index (χ0n) is 15.4. The smallest absolute Gasteiger partial charge is 0.264 e. The Kier molecular flexibility index (Phi) is 5.72. The number of hydrogen-bond acceptors (Lipinski definition) is 3. The van der Waals surface area contributed by atoms with Crippen LogP contribution in [0.4, 0.5) is 11.4 Å². The summed E-state index contributed by atoms with van der Waals surface area (Å²) in [5.41, 5.74) is 2.39. The van der Waals surface area contributed by atoms with Crippen LogP contribution in [0, 0.1) is 6.92 Å². The molecule has 0 saturated carbocycles. The van der Waals surface area contributed by atoms with Gasteiger partial charge in [-0.25, -0.2) is 8.42 Å². The van der Waals surface area contributed by atoms with Gasteiger partial charge in [-0.3, -0.25) is 9.10 Å². The predicted octanol–water partition coefficient (Wildman–Crippen LogP) is 4.73. The molecule has 1 N–H and O–H groups in total. The van der Waals surface area contributed by atoms with Crippen LogP contribution >= 0.6 is 11.6 Å². The van der Waals surface area contributed by atoms with Crippen molar-refractivity contribution in [1.29, 1.82) is 0 Å². The fourth-order valence-corrected chi connectivity index (χ4v) is 4.02. The fourth-order valence-electron chi connectivity index (χ4n) is 2.64. The van der Waals surface area contributed by atoms with E-state index < -0.39 is 10.0 Å². The summed E-state index contributed by atoms with van der Waals surface area (Å²) in [5.74, 6) is -0.300. The molecule has 1 amide bonds. The molecule has 0 aliphatic rings. The van der Waals surface area contributed by atoms with Crippen molar-refractivity contribution < 1.29 is 13.2 Å². The molecule has 0 aliphatic heterocycles. The lowest BCUT2D eigenvalue weighted by Gasteiger charge is -2.19. The van der Waals surface area contributed by atoms with Crippen LogP contribution in [-0.2, 0) is 10.0 Å². The number of rotatable bonds is 5. The fraction of sp³-hybridized carbons (Fsp3) is 0.0952. The number of sulfonamides is 1. The lowest BCUT2D eigenvalue weighted by molar-refractivity contribution is 0.102. The Morgan fingerprint density at radius 1 is 0.964 bits per heavy atom. The van der Waals surface area contributed by atoms with Crippen molar-refractivity contribution in [3.63, 3.8) is 0 Å². The monoisotopic (exact) mass is 414 g/mol. The largest absolute Gasteiger partial charge is 0.322 e. The van der Waals surface area contributed by atoms with E-state index in [-0.39, 0.29) is 10.8 Å². The maximum absolute atomic E-state index is 12.7. The summed E-state index contributed by atoms with van der Waals surface area (Å²) in [7, 11) is -2.19. The molecule has 0 bridgehead atoms. The summed E-state index contributed by atoms with van der Waals surface area (Å²) in [6, 6.07) is 19.8. The molecule has 0 aliphatic carbocycles. The van der Waals surface area contributed by atoms with Crippen molar-refractivity contribution in [3.8, 4) is 0 Å². The molecule has 0 fully saturated rings. The molecule has 0 unspecified atom stereocenters. The average Bonchev–Trinajstić information content (AvgIpc) is 2.71. The van der Waals surface area contributed by atoms with Crippen LogP contribution < -0.4 is 9.62 Å². The summed E-state index contributed by atoms with van der Waals surface area (Å²) in [6.07, 6.45) is 0. The molecule has 5 nitrogen and oxygen atoms in total. The maximum Gasteiger partial charge on any atom is 0.264 e. The number of carbonyl (C=O) groups is 1. The van der Waals surface area contributed by atoms with Gasteiger partial charge in [0.25, 0.3) is 15.9 Å². The first-order valence-electron chi connectivity index (χ1n) is 8.50. The first kappa shape index (κ1) is 19.9. The number of amides is 1. The van der Waals surface area contributed by atoms with E-state index in [0.717, 1.165) is 5.56 Å². The molecule has 0 radical (unpaired) electrons. The Labute approximate surface area is 169 Å². The summed E-state index contributed by atoms with van der Waals surface area (Å²) in [4.78, 5) is 12.7. The van der Waals surface area contributed by atoms with Crippen molar-refractivity contribution in [1.82, 2.24) is 0 Å². The lowest BCUT2D eigenvalue weighted by atomic mass is 10.1. The third-order valence-corrected chi connectivity index (χ3v) is 6.38. The summed E-state index contributed by atoms with van der Waals surface area (Å²) < 4.78 is 26.6. The quantitative estimate of drug-likeness (QED) is 0.656. The highest BCUT2D eigenvalue weighted by Crippen LogP contribution is 2.24. The number of aryl methyl sites for hydroxylation is 1. The van der Waals surface area contributed by atoms with Gasteiger partial charge in [-0.05, 0) is 61.0 Å². The first-order chi connectivity index (χ1) is 13.3. The van der Waals surface area contributed by atoms with Crippen LogP contribution in [0.3, 0.4) is 0 Å². The highest BCUT2D eigenvalue weighted by molar-refractivity contribution is 7.92. The van der Waals surface area contributed by atoms with Crippen molar-refractivity contribution in [3.05, 3.63) is 88.9 Å². The second-order valence-corrected chi connectivity index (χ2v) is 8.65. The van der Waals surface area contributed by atoms with Crippen molar-refractivity contribution in [2.75, 3.05) is 16.7 Å². The Morgan fingerprint density at radius 3 is 2.25 bits per heavy atom. The van der Waals surface area contributed by atoms with Gasteiger partial charge < -0.3 is 5.32 Å². The van der Waals surface area contributed by atoms with Gasteiger partial charge in [-0.15, -0.1) is 0 Å². The molecule has 0 saturated heterocycles. The average molecular weight is 415 g/mol. The predicted molar refractivity (Wildman–Crippen MR) is 113 cm³/mol. The number of benzene rings is 3. The molecule has 3 rings (SSSR count). The van der Waals surface area contributed by atoms with Gasteiger partial charge in [0.2, 0.25) is 0 Å². The van der Waals surface area contributed by atoms with E-state index in [4.69, 9.17) is 11.6 Å². The molecular formula is C21H19ClN2O3S. The first-order valence-corrected chi connectivity index (χ1v) is 10.3. The SMILES string of the molecule is Cc1ccc(Cl)cc1NC(=O)c1ccc(N(C)S(=O)(=O)c2ccccc2)cc1. The minimum Gasteiger partial charge on any atom is -0.322 e. The number of carbonyl (C=O) groups excluding carboxylic acids is 1. The molecule has 0 spiro atoms. The lowest BCUT2D eigenvalue weighted by Crippen LogP contribution is -2.26. The van der Waals surface area contributed by atoms with Crippen LogP contribution in [0.25, 0.3) is 0 Å². The van der Waals surface area contributed by atoms with E-state index in [2.05, 4.69) is 5.32 Å². The molecule has 0 heterocycles. The molecule has 0 aromatic heterocycles. The van der Waals surface area contributed by atoms with E-state index in [1.165, 1.54) is 11.4 Å². The topological polar surface area (TPSA) is 66.5 Å². The third kappa shape index (κ3) is 4.18. The van der Waals surface area contributed by atoms with Crippen LogP contribution in [0.15, 0.2) is 77.7 Å². The number of nitrogens with zero attached hydrogens (tertiary/aromatic N) is 1. The Bertz CT molecular complexity index is 1100. The molecular weight excluding hydrogens is 396 g/mol. The van der Waals surface area contributed by atoms with Gasteiger partial charge >= 0.3 is 0 Å². The highest BCUT2D eigenvalue weighted by Gasteiger charge is 2.21. The molecule has 28 heavy (non-hydrogen) atoms. The van der Waals surface area contributed by atoms with Crippen LogP contribution in [0.5, 0.6) is 0 Å². The standard InChI is InChI=1S/C21H19ClN2O3S/c1-15-8-11-17(22)14-20(15)23-21(25)16-9-12-18(13-10-16)24(2)28(26,27)19-6-4-3-5-7-19/h3-14H,1-2H3,(H,23,25). The molecule has 3 aromatic rings. The van der Waals surface area contributed by atoms with Crippen molar-refractivity contribution in [2.24, 2.45) is 0 Å². The van der Waals surface area contributed by atoms with Gasteiger partial charge in [-0.1, -0.05) is 35.9 Å². The second kappa shape index (κ2) is 8.04. The molecule has 7 heteroatoms. The number of nitrogens with one attached hydrogen (secondary N) is 1. The van der Waals surface area contributed by atoms with Crippen LogP contribution in [-0.4, -0.2) is 21.4 Å². The number of halogens is 1. The molecule has 144 valence electrons. The third-order valence-electron chi connectivity index (χ3n) is 4.34. The molecule has 3 aromatic carbocycles. The van der Waals surface area contributed by atoms with Crippen molar-refractivity contribution in [2.45, 2.75) is 11.8 Å². The van der Waals surface area contributed by atoms with Gasteiger partial charge in [-0.2, -0.15) is 0 Å². The Balaban J connectivity index is 1.79. The van der Waals surface area contributed by atoms with Crippen LogP contribution in [0.1, 0.15) is 15.9 Å². The van der Waals surface area contributed by atoms with E-state index in [0.29, 0.717) is 22.0 Å². The highest BCUT2D eigenvalue weighted by atomic mass is 35.5. The zero-order valence-corrected chi connectivity index (χ0v) is 17.0. The second-order valence-electron chi connectivity index (χ2n) is 6.25. The van der Waals surface area contributed by atoms with Gasteiger partial charge in [0.15, 0.2) is 0 Å². The molecule has 0 atom stereocenters. The van der Waals surface area contributed by atoms with E-state index in [9.17, 15) is 13.2 Å². The Hall–Kier alpha value is -2.83. The minimum absolute atomic E-state index is 0.204. The zero-order chi connectivity index (χ0) is 20.3. The maximum atomic E-state index is 12.7. The van der Waals surface area contributed by atoms with Gasteiger partial charge in [0.1, 0.15) is 0 Å². The van der Waals surface area contributed by atoms with E-state index >= 15 is 0 Å². The van der Waals surface area contributed by atoms with E-state index in [1.807, 2.05) is 13.0 Å². The minimum atomic E-state index is -3.67. The normalized spacial score (nSPS) is 11.1. The van der Waals surface area contributed by atoms with E-state index in [1.54, 1.807) is 66.7 Å². The van der Waals surface area contributed by atoms with Gasteiger partial charge in [0, 0.05) is 23.3 Å². The summed E-state index contributed by atoms with van der Waals surface area (Å²) >= 11 is 5.98. The number of hydrogen-bond donors (Lipinski definition) is 1. The summed E-state index contributed by atoms with van der Waals surface area (Å²) in [5, 5.41) is 3.35. The Morgan fingerprint density at radius 2 is 1.61 bits per heavy atom. The van der Waals surface area contributed by atoms with Crippen molar-refractivity contribution >= 4 is 38.9 Å². The van der Waals surface area contributed by atoms with Gasteiger partial charge in [0.05, 0.1) is 10.6 Å². The summed E-state index contributed by atoms with van der Waals surface area (Å²) in [6.45, 7) is 1.87.